The second-order valence-corrected chi connectivity index (χ2v) is 17.0. The van der Waals surface area contributed by atoms with Crippen LogP contribution >= 0.6 is 0 Å². The van der Waals surface area contributed by atoms with Gasteiger partial charge in [0, 0.05) is 10.8 Å². The Morgan fingerprint density at radius 2 is 0.947 bits per heavy atom. The third-order valence-electron chi connectivity index (χ3n) is 11.5. The van der Waals surface area contributed by atoms with E-state index in [1.165, 1.54) is 25.7 Å². The summed E-state index contributed by atoms with van der Waals surface area (Å²) in [5, 5.41) is 0. The fraction of sp³-hybridized carbons (Fsp3) is 0.882. The minimum atomic E-state index is 0.0737. The van der Waals surface area contributed by atoms with Crippen molar-refractivity contribution in [1.82, 2.24) is 0 Å². The number of hydrogen-bond donors (Lipinski definition) is 0. The zero-order valence-electron chi connectivity index (χ0n) is 26.6. The molecule has 0 heterocycles. The van der Waals surface area contributed by atoms with E-state index in [4.69, 9.17) is 18.9 Å². The molecule has 38 heavy (non-hydrogen) atoms. The first-order valence-electron chi connectivity index (χ1n) is 15.2. The number of rotatable bonds is 9. The predicted molar refractivity (Wildman–Crippen MR) is 156 cm³/mol. The van der Waals surface area contributed by atoms with Gasteiger partial charge >= 0.3 is 0 Å². The van der Waals surface area contributed by atoms with Crippen molar-refractivity contribution in [3.63, 3.8) is 0 Å². The Kier molecular flexibility index (Phi) is 7.75. The van der Waals surface area contributed by atoms with E-state index in [2.05, 4.69) is 83.1 Å². The van der Waals surface area contributed by atoms with Gasteiger partial charge < -0.3 is 18.9 Å². The second kappa shape index (κ2) is 9.82. The molecular formula is C34H58O4. The molecule has 218 valence electrons. The largest absolute Gasteiger partial charge is 0.495 e. The summed E-state index contributed by atoms with van der Waals surface area (Å²) >= 11 is 0. The van der Waals surface area contributed by atoms with Gasteiger partial charge in [-0.3, -0.25) is 0 Å². The molecule has 0 spiro atoms. The van der Waals surface area contributed by atoms with E-state index < -0.39 is 0 Å². The lowest BCUT2D eigenvalue weighted by Gasteiger charge is -2.39. The van der Waals surface area contributed by atoms with Gasteiger partial charge in [0.2, 0.25) is 0 Å². The fourth-order valence-electron chi connectivity index (χ4n) is 8.34. The van der Waals surface area contributed by atoms with Gasteiger partial charge in [0.1, 0.15) is 12.2 Å². The summed E-state index contributed by atoms with van der Waals surface area (Å²) in [5.74, 6) is 1.08. The average molecular weight is 531 g/mol. The molecule has 4 bridgehead atoms. The summed E-state index contributed by atoms with van der Waals surface area (Å²) in [6.45, 7) is 29.4. The van der Waals surface area contributed by atoms with Crippen LogP contribution in [0.5, 0.6) is 0 Å². The zero-order valence-corrected chi connectivity index (χ0v) is 26.6. The van der Waals surface area contributed by atoms with E-state index in [0.717, 1.165) is 13.2 Å². The topological polar surface area (TPSA) is 36.9 Å². The monoisotopic (exact) mass is 530 g/mol. The number of allylic oxidation sites excluding steroid dienone is 2. The lowest BCUT2D eigenvalue weighted by molar-refractivity contribution is -0.106. The first kappa shape index (κ1) is 30.0. The zero-order chi connectivity index (χ0) is 28.4. The fourth-order valence-corrected chi connectivity index (χ4v) is 8.34. The lowest BCUT2D eigenvalue weighted by atomic mass is 9.70. The van der Waals surface area contributed by atoms with Crippen LogP contribution in [0.3, 0.4) is 0 Å². The summed E-state index contributed by atoms with van der Waals surface area (Å²) in [7, 11) is 0. The first-order valence-corrected chi connectivity index (χ1v) is 15.2. The first-order chi connectivity index (χ1) is 17.4. The highest BCUT2D eigenvalue weighted by atomic mass is 16.5. The van der Waals surface area contributed by atoms with E-state index in [-0.39, 0.29) is 56.9 Å². The summed E-state index contributed by atoms with van der Waals surface area (Å²) in [4.78, 5) is 0. The molecule has 0 aromatic carbocycles. The summed E-state index contributed by atoms with van der Waals surface area (Å²) < 4.78 is 26.1. The molecule has 0 aliphatic heterocycles. The molecule has 0 aromatic rings. The van der Waals surface area contributed by atoms with Gasteiger partial charge in [-0.2, -0.15) is 0 Å². The molecular weight excluding hydrogens is 472 g/mol. The Labute approximate surface area is 234 Å². The van der Waals surface area contributed by atoms with Crippen LogP contribution in [0.2, 0.25) is 0 Å². The van der Waals surface area contributed by atoms with Crippen LogP contribution in [0.25, 0.3) is 0 Å². The molecule has 4 heteroatoms. The second-order valence-electron chi connectivity index (χ2n) is 17.0. The molecule has 0 unspecified atom stereocenters. The molecule has 0 aromatic heterocycles. The number of fused-ring (bicyclic) bond motifs is 4. The standard InChI is InChI=1S/C34H58O4/c1-29(2,3)21-37-25-23-15-17-33(11,31(23,7)8)27(25)35-19-13-14-20-36-28-26(38-22-30(4,5)6)24-16-18-34(28,12)32(24,9)10/h13-14,19-20,23-28H,15-18,21-22H2,1-12H3/b19-13+,20-14+/t23-,24-,25-,26-,27-,28-,33+,34+/m1/s1. The van der Waals surface area contributed by atoms with E-state index >= 15 is 0 Å². The molecule has 4 nitrogen and oxygen atoms in total. The van der Waals surface area contributed by atoms with Crippen LogP contribution in [0.1, 0.15) is 109 Å². The summed E-state index contributed by atoms with van der Waals surface area (Å²) in [5.41, 5.74) is 0.939. The van der Waals surface area contributed by atoms with Crippen LogP contribution in [-0.2, 0) is 18.9 Å². The molecule has 0 radical (unpaired) electrons. The van der Waals surface area contributed by atoms with Crippen LogP contribution in [-0.4, -0.2) is 37.6 Å². The van der Waals surface area contributed by atoms with E-state index in [0.29, 0.717) is 11.8 Å². The molecule has 0 amide bonds. The van der Waals surface area contributed by atoms with Gasteiger partial charge in [0.25, 0.3) is 0 Å². The third-order valence-corrected chi connectivity index (χ3v) is 11.5. The van der Waals surface area contributed by atoms with Crippen LogP contribution in [0, 0.1) is 44.3 Å². The van der Waals surface area contributed by atoms with Crippen molar-refractivity contribution in [2.75, 3.05) is 13.2 Å². The minimum absolute atomic E-state index is 0.0737. The van der Waals surface area contributed by atoms with Crippen molar-refractivity contribution in [2.45, 2.75) is 133 Å². The van der Waals surface area contributed by atoms with E-state index in [1.54, 1.807) is 0 Å². The SMILES string of the molecule is CC(C)(C)CO[C@@H]1[C@H]2CC[C@@](C)([C@@H]1O/C=C/C=C/O[C@@H]1[C@H](OCC(C)(C)C)[C@H]3CC[C@]1(C)C3(C)C)C2(C)C. The Morgan fingerprint density at radius 1 is 0.605 bits per heavy atom. The van der Waals surface area contributed by atoms with Crippen LogP contribution in [0.15, 0.2) is 24.7 Å². The average Bonchev–Trinajstić information content (AvgIpc) is 3.27. The third kappa shape index (κ3) is 5.00. The van der Waals surface area contributed by atoms with Gasteiger partial charge in [-0.25, -0.2) is 0 Å². The molecule has 4 rings (SSSR count). The summed E-state index contributed by atoms with van der Waals surface area (Å²) in [6, 6.07) is 0. The molecule has 0 N–H and O–H groups in total. The van der Waals surface area contributed by atoms with E-state index in [1.807, 2.05) is 24.7 Å². The van der Waals surface area contributed by atoms with Gasteiger partial charge in [0.05, 0.1) is 37.9 Å². The number of hydrogen-bond acceptors (Lipinski definition) is 4. The predicted octanol–water partition coefficient (Wildman–Crippen LogP) is 8.56. The molecule has 4 saturated carbocycles. The van der Waals surface area contributed by atoms with Crippen molar-refractivity contribution in [3.8, 4) is 0 Å². The smallest absolute Gasteiger partial charge is 0.130 e. The van der Waals surface area contributed by atoms with Gasteiger partial charge in [-0.15, -0.1) is 0 Å². The highest BCUT2D eigenvalue weighted by Gasteiger charge is 2.69. The highest BCUT2D eigenvalue weighted by Crippen LogP contribution is 2.68. The van der Waals surface area contributed by atoms with E-state index in [9.17, 15) is 0 Å². The molecule has 0 saturated heterocycles. The van der Waals surface area contributed by atoms with Gasteiger partial charge in [-0.05, 0) is 71.3 Å². The van der Waals surface area contributed by atoms with Gasteiger partial charge in [0.15, 0.2) is 0 Å². The maximum Gasteiger partial charge on any atom is 0.130 e. The van der Waals surface area contributed by atoms with Crippen LogP contribution in [0.4, 0.5) is 0 Å². The van der Waals surface area contributed by atoms with Crippen LogP contribution < -0.4 is 0 Å². The molecule has 4 fully saturated rings. The van der Waals surface area contributed by atoms with Crippen molar-refractivity contribution < 1.29 is 18.9 Å². The Balaban J connectivity index is 1.40. The van der Waals surface area contributed by atoms with Crippen molar-refractivity contribution >= 4 is 0 Å². The maximum absolute atomic E-state index is 6.56. The van der Waals surface area contributed by atoms with Crippen molar-refractivity contribution in [3.05, 3.63) is 24.7 Å². The Hall–Kier alpha value is -1.00. The summed E-state index contributed by atoms with van der Waals surface area (Å²) in [6.07, 6.45) is 13.0. The normalized spacial score (nSPS) is 41.6. The lowest BCUT2D eigenvalue weighted by Crippen LogP contribution is -2.43. The van der Waals surface area contributed by atoms with Crippen molar-refractivity contribution in [2.24, 2.45) is 44.3 Å². The van der Waals surface area contributed by atoms with Crippen molar-refractivity contribution in [1.29, 1.82) is 0 Å². The highest BCUT2D eigenvalue weighted by molar-refractivity contribution is 5.18. The Morgan fingerprint density at radius 3 is 1.26 bits per heavy atom. The quantitative estimate of drug-likeness (QED) is 0.221. The Bertz CT molecular complexity index is 828. The molecule has 4 aliphatic rings. The van der Waals surface area contributed by atoms with Gasteiger partial charge in [-0.1, -0.05) is 83.1 Å². The minimum Gasteiger partial charge on any atom is -0.495 e. The molecule has 4 aliphatic carbocycles. The maximum atomic E-state index is 6.56. The molecule has 8 atom stereocenters. The number of ether oxygens (including phenoxy) is 4.